The molecule has 1 aliphatic carbocycles. The largest absolute Gasteiger partial charge is 0.366 e. The summed E-state index contributed by atoms with van der Waals surface area (Å²) in [6.07, 6.45) is 2.93. The summed E-state index contributed by atoms with van der Waals surface area (Å²) < 4.78 is 0. The number of rotatable bonds is 2. The zero-order valence-electron chi connectivity index (χ0n) is 8.63. The smallest absolute Gasteiger partial charge is 0.224 e. The maximum absolute atomic E-state index is 5.73. The fourth-order valence-electron chi connectivity index (χ4n) is 1.45. The van der Waals surface area contributed by atoms with Gasteiger partial charge in [-0.3, -0.25) is 0 Å². The normalized spacial score (nSPS) is 23.3. The Balaban J connectivity index is 2.13. The number of anilines is 1. The topological polar surface area (TPSA) is 37.8 Å². The van der Waals surface area contributed by atoms with Gasteiger partial charge in [-0.2, -0.15) is 0 Å². The fourth-order valence-corrected chi connectivity index (χ4v) is 1.58. The van der Waals surface area contributed by atoms with Crippen molar-refractivity contribution in [3.63, 3.8) is 0 Å². The summed E-state index contributed by atoms with van der Waals surface area (Å²) in [5.41, 5.74) is 1.43. The predicted octanol–water partition coefficient (Wildman–Crippen LogP) is 2.65. The van der Waals surface area contributed by atoms with Gasteiger partial charge < -0.3 is 5.32 Å². The van der Waals surface area contributed by atoms with Crippen LogP contribution in [0.5, 0.6) is 0 Å². The highest BCUT2D eigenvalue weighted by Gasteiger charge is 2.45. The summed E-state index contributed by atoms with van der Waals surface area (Å²) in [6, 6.07) is 0.521. The Kier molecular flexibility index (Phi) is 2.14. The molecular formula is C10H14ClN3. The van der Waals surface area contributed by atoms with E-state index in [0.29, 0.717) is 16.7 Å². The molecule has 2 rings (SSSR count). The van der Waals surface area contributed by atoms with Crippen LogP contribution in [0.15, 0.2) is 6.20 Å². The van der Waals surface area contributed by atoms with E-state index in [1.807, 2.05) is 6.92 Å². The van der Waals surface area contributed by atoms with Crippen molar-refractivity contribution in [1.29, 1.82) is 0 Å². The van der Waals surface area contributed by atoms with E-state index < -0.39 is 0 Å². The Morgan fingerprint density at radius 2 is 2.21 bits per heavy atom. The van der Waals surface area contributed by atoms with Crippen molar-refractivity contribution >= 4 is 17.4 Å². The monoisotopic (exact) mass is 211 g/mol. The second kappa shape index (κ2) is 3.09. The van der Waals surface area contributed by atoms with Crippen molar-refractivity contribution in [2.75, 3.05) is 5.32 Å². The maximum Gasteiger partial charge on any atom is 0.224 e. The van der Waals surface area contributed by atoms with Crippen LogP contribution in [-0.4, -0.2) is 16.0 Å². The van der Waals surface area contributed by atoms with Gasteiger partial charge in [0.15, 0.2) is 0 Å². The molecule has 1 unspecified atom stereocenters. The summed E-state index contributed by atoms with van der Waals surface area (Å²) in [5, 5.41) is 3.68. The van der Waals surface area contributed by atoms with Gasteiger partial charge in [-0.15, -0.1) is 0 Å². The van der Waals surface area contributed by atoms with Crippen molar-refractivity contribution in [3.05, 3.63) is 17.0 Å². The number of hydrogen-bond acceptors (Lipinski definition) is 3. The van der Waals surface area contributed by atoms with Crippen LogP contribution in [0, 0.1) is 12.3 Å². The number of nitrogens with zero attached hydrogens (tertiary/aromatic N) is 2. The lowest BCUT2D eigenvalue weighted by Crippen LogP contribution is -2.11. The Labute approximate surface area is 88.9 Å². The van der Waals surface area contributed by atoms with Gasteiger partial charge in [-0.1, -0.05) is 13.8 Å². The van der Waals surface area contributed by atoms with Crippen LogP contribution >= 0.6 is 11.6 Å². The fraction of sp³-hybridized carbons (Fsp3) is 0.600. The number of aryl methyl sites for hydroxylation is 1. The third-order valence-corrected chi connectivity index (χ3v) is 2.95. The zero-order valence-corrected chi connectivity index (χ0v) is 9.39. The van der Waals surface area contributed by atoms with E-state index >= 15 is 0 Å². The Bertz CT molecular complexity index is 362. The van der Waals surface area contributed by atoms with Crippen LogP contribution in [0.25, 0.3) is 0 Å². The van der Waals surface area contributed by atoms with Crippen molar-refractivity contribution < 1.29 is 0 Å². The van der Waals surface area contributed by atoms with Gasteiger partial charge in [0.05, 0.1) is 0 Å². The Morgan fingerprint density at radius 3 is 2.79 bits per heavy atom. The molecule has 0 bridgehead atoms. The van der Waals surface area contributed by atoms with E-state index in [1.54, 1.807) is 6.20 Å². The van der Waals surface area contributed by atoms with Gasteiger partial charge in [-0.25, -0.2) is 9.97 Å². The van der Waals surface area contributed by atoms with Gasteiger partial charge in [0.2, 0.25) is 5.28 Å². The molecule has 1 fully saturated rings. The van der Waals surface area contributed by atoms with Crippen LogP contribution in [0.1, 0.15) is 25.8 Å². The molecule has 76 valence electrons. The van der Waals surface area contributed by atoms with Gasteiger partial charge in [-0.05, 0) is 30.4 Å². The highest BCUT2D eigenvalue weighted by Crippen LogP contribution is 2.46. The molecule has 0 amide bonds. The van der Waals surface area contributed by atoms with Crippen molar-refractivity contribution in [2.45, 2.75) is 33.2 Å². The summed E-state index contributed by atoms with van der Waals surface area (Å²) in [6.45, 7) is 6.46. The number of nitrogens with one attached hydrogen (secondary N) is 1. The molecule has 0 saturated heterocycles. The highest BCUT2D eigenvalue weighted by atomic mass is 35.5. The lowest BCUT2D eigenvalue weighted by molar-refractivity contribution is 0.629. The minimum absolute atomic E-state index is 0.302. The Hall–Kier alpha value is -0.830. The summed E-state index contributed by atoms with van der Waals surface area (Å²) in [7, 11) is 0. The standard InChI is InChI=1S/C10H14ClN3/c1-6-5-12-9(11)14-8(6)13-7-4-10(7,2)3/h5,7H,4H2,1-3H3,(H,12,13,14). The molecule has 0 spiro atoms. The molecule has 0 radical (unpaired) electrons. The minimum atomic E-state index is 0.302. The summed E-state index contributed by atoms with van der Waals surface area (Å²) >= 11 is 5.73. The molecule has 1 saturated carbocycles. The molecule has 4 heteroatoms. The first-order valence-corrected chi connectivity index (χ1v) is 5.12. The molecule has 1 aliphatic rings. The van der Waals surface area contributed by atoms with Crippen molar-refractivity contribution in [1.82, 2.24) is 9.97 Å². The molecule has 1 aromatic rings. The van der Waals surface area contributed by atoms with Gasteiger partial charge in [0.25, 0.3) is 0 Å². The Morgan fingerprint density at radius 1 is 1.57 bits per heavy atom. The molecule has 3 nitrogen and oxygen atoms in total. The second-order valence-corrected chi connectivity index (χ2v) is 4.90. The van der Waals surface area contributed by atoms with Gasteiger partial charge in [0.1, 0.15) is 5.82 Å². The number of aromatic nitrogens is 2. The van der Waals surface area contributed by atoms with Gasteiger partial charge >= 0.3 is 0 Å². The summed E-state index contributed by atoms with van der Waals surface area (Å²) in [5.74, 6) is 0.862. The van der Waals surface area contributed by atoms with Crippen molar-refractivity contribution in [3.8, 4) is 0 Å². The average molecular weight is 212 g/mol. The SMILES string of the molecule is Cc1cnc(Cl)nc1NC1CC1(C)C. The van der Waals surface area contributed by atoms with E-state index in [2.05, 4.69) is 29.1 Å². The van der Waals surface area contributed by atoms with Gasteiger partial charge in [0, 0.05) is 17.8 Å². The van der Waals surface area contributed by atoms with Crippen LogP contribution in [0.3, 0.4) is 0 Å². The first-order chi connectivity index (χ1) is 6.49. The maximum atomic E-state index is 5.73. The number of hydrogen-bond donors (Lipinski definition) is 1. The van der Waals surface area contributed by atoms with E-state index in [-0.39, 0.29) is 0 Å². The quantitative estimate of drug-likeness (QED) is 0.765. The van der Waals surface area contributed by atoms with Crippen LogP contribution in [0.2, 0.25) is 5.28 Å². The molecule has 0 aliphatic heterocycles. The third kappa shape index (κ3) is 1.82. The molecule has 1 aromatic heterocycles. The lowest BCUT2D eigenvalue weighted by Gasteiger charge is -2.09. The van der Waals surface area contributed by atoms with Crippen LogP contribution in [0.4, 0.5) is 5.82 Å². The lowest BCUT2D eigenvalue weighted by atomic mass is 10.2. The minimum Gasteiger partial charge on any atom is -0.366 e. The van der Waals surface area contributed by atoms with E-state index in [1.165, 1.54) is 6.42 Å². The highest BCUT2D eigenvalue weighted by molar-refractivity contribution is 6.28. The molecule has 0 aromatic carbocycles. The van der Waals surface area contributed by atoms with Crippen LogP contribution < -0.4 is 5.32 Å². The van der Waals surface area contributed by atoms with E-state index in [0.717, 1.165) is 11.4 Å². The third-order valence-electron chi connectivity index (χ3n) is 2.77. The average Bonchev–Trinajstić information content (AvgIpc) is 2.67. The van der Waals surface area contributed by atoms with E-state index in [4.69, 9.17) is 11.6 Å². The second-order valence-electron chi connectivity index (χ2n) is 4.56. The van der Waals surface area contributed by atoms with E-state index in [9.17, 15) is 0 Å². The molecule has 1 heterocycles. The van der Waals surface area contributed by atoms with Crippen LogP contribution in [-0.2, 0) is 0 Å². The first kappa shape index (κ1) is 9.71. The molecule has 14 heavy (non-hydrogen) atoms. The summed E-state index contributed by atoms with van der Waals surface area (Å²) in [4.78, 5) is 8.08. The zero-order chi connectivity index (χ0) is 10.3. The molecule has 1 atom stereocenters. The number of halogens is 1. The predicted molar refractivity (Wildman–Crippen MR) is 57.6 cm³/mol. The molecule has 1 N–H and O–H groups in total. The van der Waals surface area contributed by atoms with Crippen molar-refractivity contribution in [2.24, 2.45) is 5.41 Å². The first-order valence-electron chi connectivity index (χ1n) is 4.75. The molecular weight excluding hydrogens is 198 g/mol.